The molecule has 6 nitrogen and oxygen atoms in total. The van der Waals surface area contributed by atoms with Crippen LogP contribution in [0.1, 0.15) is 6.92 Å². The van der Waals surface area contributed by atoms with Gasteiger partial charge >= 0.3 is 12.1 Å². The minimum Gasteiger partial charge on any atom is -0.352 e. The van der Waals surface area contributed by atoms with E-state index in [4.69, 9.17) is 0 Å². The number of carbonyl (C=O) groups excluding carboxylic acids is 2. The first kappa shape index (κ1) is 10.5. The van der Waals surface area contributed by atoms with Gasteiger partial charge in [-0.3, -0.25) is 0 Å². The first-order valence-electron chi connectivity index (χ1n) is 3.71. The maximum absolute atomic E-state index is 10.0. The molecule has 70 valence electrons. The molecule has 1 saturated heterocycles. The van der Waals surface area contributed by atoms with Crippen molar-refractivity contribution >= 4 is 12.1 Å². The van der Waals surface area contributed by atoms with Crippen LogP contribution >= 0.6 is 0 Å². The summed E-state index contributed by atoms with van der Waals surface area (Å²) in [6.07, 6.45) is 0. The van der Waals surface area contributed by atoms with Gasteiger partial charge in [-0.15, -0.1) is 0 Å². The Hall–Kier alpha value is -1.46. The van der Waals surface area contributed by atoms with E-state index in [9.17, 15) is 9.59 Å². The molecule has 0 spiro atoms. The van der Waals surface area contributed by atoms with Crippen LogP contribution in [0, 0.1) is 0 Å². The topological polar surface area (TPSA) is 96.2 Å². The SMILES string of the molecule is CCNC(N)=O.O=C1NCCN1. The maximum Gasteiger partial charge on any atom is 0.314 e. The molecular weight excluding hydrogens is 160 g/mol. The minimum atomic E-state index is -0.461. The van der Waals surface area contributed by atoms with E-state index in [0.717, 1.165) is 13.1 Å². The van der Waals surface area contributed by atoms with Crippen LogP contribution in [-0.4, -0.2) is 31.7 Å². The van der Waals surface area contributed by atoms with Crippen LogP contribution in [0.15, 0.2) is 0 Å². The Labute approximate surface area is 70.9 Å². The van der Waals surface area contributed by atoms with Gasteiger partial charge in [0.15, 0.2) is 0 Å². The van der Waals surface area contributed by atoms with Crippen LogP contribution < -0.4 is 21.7 Å². The van der Waals surface area contributed by atoms with E-state index < -0.39 is 6.03 Å². The number of primary amides is 1. The van der Waals surface area contributed by atoms with Gasteiger partial charge in [-0.05, 0) is 6.92 Å². The largest absolute Gasteiger partial charge is 0.352 e. The number of rotatable bonds is 1. The van der Waals surface area contributed by atoms with Gasteiger partial charge in [-0.25, -0.2) is 9.59 Å². The molecule has 0 aromatic rings. The highest BCUT2D eigenvalue weighted by Crippen LogP contribution is 1.69. The number of carbonyl (C=O) groups is 2. The van der Waals surface area contributed by atoms with Gasteiger partial charge < -0.3 is 21.7 Å². The zero-order chi connectivity index (χ0) is 9.40. The summed E-state index contributed by atoms with van der Waals surface area (Å²) in [5.41, 5.74) is 4.65. The van der Waals surface area contributed by atoms with Crippen molar-refractivity contribution in [3.8, 4) is 0 Å². The summed E-state index contributed by atoms with van der Waals surface area (Å²) in [5, 5.41) is 7.49. The Balaban J connectivity index is 0.000000202. The molecule has 1 aliphatic heterocycles. The molecule has 0 aromatic heterocycles. The molecule has 0 atom stereocenters. The van der Waals surface area contributed by atoms with E-state index >= 15 is 0 Å². The average molecular weight is 174 g/mol. The average Bonchev–Trinajstić information content (AvgIpc) is 2.40. The van der Waals surface area contributed by atoms with E-state index in [1.54, 1.807) is 0 Å². The Bertz CT molecular complexity index is 152. The van der Waals surface area contributed by atoms with Crippen LogP contribution in [0.4, 0.5) is 9.59 Å². The highest BCUT2D eigenvalue weighted by Gasteiger charge is 2.02. The molecule has 0 unspecified atom stereocenters. The monoisotopic (exact) mass is 174 g/mol. The zero-order valence-corrected chi connectivity index (χ0v) is 7.02. The molecule has 12 heavy (non-hydrogen) atoms. The van der Waals surface area contributed by atoms with E-state index in [2.05, 4.69) is 21.7 Å². The molecule has 1 rings (SSSR count). The van der Waals surface area contributed by atoms with Crippen LogP contribution in [0.5, 0.6) is 0 Å². The third-order valence-corrected chi connectivity index (χ3v) is 1.05. The summed E-state index contributed by atoms with van der Waals surface area (Å²) >= 11 is 0. The number of hydrogen-bond acceptors (Lipinski definition) is 2. The molecule has 4 amide bonds. The number of nitrogens with two attached hydrogens (primary N) is 1. The van der Waals surface area contributed by atoms with Gasteiger partial charge in [-0.2, -0.15) is 0 Å². The highest BCUT2D eigenvalue weighted by molar-refractivity contribution is 5.75. The van der Waals surface area contributed by atoms with Crippen LogP contribution in [-0.2, 0) is 0 Å². The van der Waals surface area contributed by atoms with Crippen molar-refractivity contribution in [2.24, 2.45) is 5.73 Å². The minimum absolute atomic E-state index is 0.0463. The van der Waals surface area contributed by atoms with Gasteiger partial charge in [0.1, 0.15) is 0 Å². The molecule has 6 heteroatoms. The molecular formula is C6H14N4O2. The van der Waals surface area contributed by atoms with Crippen molar-refractivity contribution in [1.82, 2.24) is 16.0 Å². The second kappa shape index (κ2) is 6.26. The smallest absolute Gasteiger partial charge is 0.314 e. The maximum atomic E-state index is 10.0. The van der Waals surface area contributed by atoms with Gasteiger partial charge in [-0.1, -0.05) is 0 Å². The zero-order valence-electron chi connectivity index (χ0n) is 7.02. The lowest BCUT2D eigenvalue weighted by atomic mass is 10.7. The quantitative estimate of drug-likeness (QED) is 0.409. The Morgan fingerprint density at radius 3 is 2.17 bits per heavy atom. The molecule has 1 heterocycles. The van der Waals surface area contributed by atoms with Crippen molar-refractivity contribution < 1.29 is 9.59 Å². The fourth-order valence-corrected chi connectivity index (χ4v) is 0.589. The molecule has 1 aliphatic rings. The van der Waals surface area contributed by atoms with E-state index in [0.29, 0.717) is 6.54 Å². The van der Waals surface area contributed by atoms with Crippen molar-refractivity contribution in [1.29, 1.82) is 0 Å². The normalized spacial score (nSPS) is 13.6. The number of hydrogen-bond donors (Lipinski definition) is 4. The molecule has 1 fully saturated rings. The lowest BCUT2D eigenvalue weighted by Gasteiger charge is -1.88. The predicted molar refractivity (Wildman–Crippen MR) is 44.7 cm³/mol. The van der Waals surface area contributed by atoms with E-state index in [1.165, 1.54) is 0 Å². The molecule has 0 radical (unpaired) electrons. The van der Waals surface area contributed by atoms with Crippen molar-refractivity contribution in [3.63, 3.8) is 0 Å². The van der Waals surface area contributed by atoms with Crippen molar-refractivity contribution in [3.05, 3.63) is 0 Å². The lowest BCUT2D eigenvalue weighted by Crippen LogP contribution is -2.28. The second-order valence-corrected chi connectivity index (χ2v) is 2.08. The Kier molecular flexibility index (Phi) is 5.50. The summed E-state index contributed by atoms with van der Waals surface area (Å²) < 4.78 is 0. The predicted octanol–water partition coefficient (Wildman–Crippen LogP) is -1.03. The summed E-state index contributed by atoms with van der Waals surface area (Å²) in [7, 11) is 0. The van der Waals surface area contributed by atoms with Crippen LogP contribution in [0.3, 0.4) is 0 Å². The Morgan fingerprint density at radius 2 is 2.08 bits per heavy atom. The third kappa shape index (κ3) is 6.66. The van der Waals surface area contributed by atoms with Gasteiger partial charge in [0.25, 0.3) is 0 Å². The fourth-order valence-electron chi connectivity index (χ4n) is 0.589. The van der Waals surface area contributed by atoms with E-state index in [1.807, 2.05) is 6.92 Å². The molecule has 0 aliphatic carbocycles. The van der Waals surface area contributed by atoms with Crippen molar-refractivity contribution in [2.75, 3.05) is 19.6 Å². The van der Waals surface area contributed by atoms with E-state index in [-0.39, 0.29) is 6.03 Å². The highest BCUT2D eigenvalue weighted by atomic mass is 16.2. The first-order chi connectivity index (χ1) is 5.66. The summed E-state index contributed by atoms with van der Waals surface area (Å²) in [6, 6.07) is -0.507. The number of amides is 4. The Morgan fingerprint density at radius 1 is 1.58 bits per heavy atom. The van der Waals surface area contributed by atoms with Gasteiger partial charge in [0, 0.05) is 19.6 Å². The van der Waals surface area contributed by atoms with Crippen molar-refractivity contribution in [2.45, 2.75) is 6.92 Å². The van der Waals surface area contributed by atoms with Crippen LogP contribution in [0.2, 0.25) is 0 Å². The van der Waals surface area contributed by atoms with Crippen LogP contribution in [0.25, 0.3) is 0 Å². The molecule has 0 saturated carbocycles. The fraction of sp³-hybridized carbons (Fsp3) is 0.667. The summed E-state index contributed by atoms with van der Waals surface area (Å²) in [4.78, 5) is 19.7. The summed E-state index contributed by atoms with van der Waals surface area (Å²) in [6.45, 7) is 3.97. The van der Waals surface area contributed by atoms with Gasteiger partial charge in [0.05, 0.1) is 0 Å². The first-order valence-corrected chi connectivity index (χ1v) is 3.71. The standard InChI is InChI=1S/C3H6N2O.C3H8N2O/c6-3-4-1-2-5-3;1-2-5-3(4)6/h1-2H2,(H2,4,5,6);2H2,1H3,(H3,4,5,6). The molecule has 5 N–H and O–H groups in total. The number of nitrogens with one attached hydrogen (secondary N) is 3. The van der Waals surface area contributed by atoms with Gasteiger partial charge in [0.2, 0.25) is 0 Å². The molecule has 0 bridgehead atoms. The second-order valence-electron chi connectivity index (χ2n) is 2.08. The molecule has 0 aromatic carbocycles. The third-order valence-electron chi connectivity index (χ3n) is 1.05. The lowest BCUT2D eigenvalue weighted by molar-refractivity contribution is 0.248. The summed E-state index contributed by atoms with van der Waals surface area (Å²) in [5.74, 6) is 0. The number of urea groups is 2.